The minimum Gasteiger partial charge on any atom is -0.369 e. The van der Waals surface area contributed by atoms with Crippen molar-refractivity contribution in [3.8, 4) is 11.4 Å². The van der Waals surface area contributed by atoms with Crippen LogP contribution in [-0.2, 0) is 6.54 Å². The van der Waals surface area contributed by atoms with Gasteiger partial charge in [0.1, 0.15) is 17.5 Å². The topological polar surface area (TPSA) is 173 Å². The lowest BCUT2D eigenvalue weighted by Crippen LogP contribution is -2.11. The largest absolute Gasteiger partial charge is 0.369 e. The maximum atomic E-state index is 5.11. The van der Waals surface area contributed by atoms with Crippen LogP contribution in [0.5, 0.6) is 0 Å². The van der Waals surface area contributed by atoms with Gasteiger partial charge < -0.3 is 35.6 Å². The summed E-state index contributed by atoms with van der Waals surface area (Å²) in [4.78, 5) is 35.8. The fourth-order valence-corrected chi connectivity index (χ4v) is 2.54. The number of hydrogen-bond acceptors (Lipinski definition) is 7. The van der Waals surface area contributed by atoms with Gasteiger partial charge >= 0.3 is 0 Å². The van der Waals surface area contributed by atoms with Crippen LogP contribution >= 0.6 is 0 Å². The summed E-state index contributed by atoms with van der Waals surface area (Å²) in [5.41, 5.74) is 6.23. The zero-order valence-electron chi connectivity index (χ0n) is 21.2. The van der Waals surface area contributed by atoms with Crippen LogP contribution in [-0.4, -0.2) is 68.8 Å². The summed E-state index contributed by atoms with van der Waals surface area (Å²) in [5.74, 6) is 3.37. The van der Waals surface area contributed by atoms with E-state index in [1.54, 1.807) is 55.9 Å². The third kappa shape index (κ3) is 13.5. The average Bonchev–Trinajstić information content (AvgIpc) is 3.73. The molecule has 7 N–H and O–H groups in total. The molecular weight excluding hydrogens is 468 g/mol. The summed E-state index contributed by atoms with van der Waals surface area (Å²) in [7, 11) is 4.03. The van der Waals surface area contributed by atoms with E-state index in [1.807, 2.05) is 63.7 Å². The van der Waals surface area contributed by atoms with E-state index in [1.165, 1.54) is 0 Å². The van der Waals surface area contributed by atoms with Crippen molar-refractivity contribution in [1.29, 1.82) is 0 Å². The van der Waals surface area contributed by atoms with Gasteiger partial charge in [-0.1, -0.05) is 30.3 Å². The van der Waals surface area contributed by atoms with Crippen LogP contribution in [0.25, 0.3) is 11.4 Å². The van der Waals surface area contributed by atoms with Crippen LogP contribution in [0.1, 0.15) is 11.6 Å². The van der Waals surface area contributed by atoms with Gasteiger partial charge in [-0.05, 0) is 21.0 Å². The zero-order chi connectivity index (χ0) is 26.6. The first-order valence-electron chi connectivity index (χ1n) is 11.4. The molecule has 194 valence electrons. The number of nitrogen functional groups attached to an aromatic ring is 1. The minimum atomic E-state index is 0.468. The molecular formula is C25H34N12. The predicted octanol–water partition coefficient (Wildman–Crippen LogP) is 3.67. The molecule has 0 fully saturated rings. The lowest BCUT2D eigenvalue weighted by Gasteiger charge is -2.04. The van der Waals surface area contributed by atoms with E-state index in [0.717, 1.165) is 29.6 Å². The number of benzene rings is 1. The van der Waals surface area contributed by atoms with Gasteiger partial charge in [-0.3, -0.25) is 0 Å². The van der Waals surface area contributed by atoms with Crippen LogP contribution in [0.15, 0.2) is 98.6 Å². The van der Waals surface area contributed by atoms with Crippen molar-refractivity contribution >= 4 is 5.95 Å². The number of aryl methyl sites for hydroxylation is 1. The third-order valence-corrected chi connectivity index (χ3v) is 4.13. The van der Waals surface area contributed by atoms with E-state index < -0.39 is 0 Å². The lowest BCUT2D eigenvalue weighted by molar-refractivity contribution is 0.392. The summed E-state index contributed by atoms with van der Waals surface area (Å²) in [6, 6.07) is 10.0. The Morgan fingerprint density at radius 2 is 1.41 bits per heavy atom. The molecule has 0 radical (unpaired) electrons. The van der Waals surface area contributed by atoms with Crippen molar-refractivity contribution in [1.82, 2.24) is 54.7 Å². The smallest absolute Gasteiger partial charge is 0.197 e. The predicted molar refractivity (Wildman–Crippen MR) is 145 cm³/mol. The first-order chi connectivity index (χ1) is 18.0. The molecule has 0 amide bonds. The van der Waals surface area contributed by atoms with E-state index in [9.17, 15) is 0 Å². The van der Waals surface area contributed by atoms with Gasteiger partial charge in [0, 0.05) is 67.5 Å². The quantitative estimate of drug-likeness (QED) is 0.214. The molecule has 0 aliphatic rings. The van der Waals surface area contributed by atoms with Crippen molar-refractivity contribution in [2.45, 2.75) is 13.5 Å². The molecule has 0 bridgehead atoms. The number of H-pyrrole nitrogens is 5. The number of nitrogens with zero attached hydrogens (tertiary/aromatic N) is 6. The Balaban J connectivity index is 0.000000168. The summed E-state index contributed by atoms with van der Waals surface area (Å²) in [5, 5.41) is 0. The number of anilines is 1. The third-order valence-electron chi connectivity index (χ3n) is 4.13. The molecule has 0 spiro atoms. The maximum Gasteiger partial charge on any atom is 0.197 e. The molecule has 0 aliphatic heterocycles. The number of nitrogens with two attached hydrogens (primary N) is 1. The normalized spacial score (nSPS) is 9.41. The Morgan fingerprint density at radius 3 is 1.78 bits per heavy atom. The number of aromatic amines is 5. The van der Waals surface area contributed by atoms with Crippen molar-refractivity contribution < 1.29 is 0 Å². The highest BCUT2D eigenvalue weighted by molar-refractivity contribution is 5.53. The van der Waals surface area contributed by atoms with Crippen molar-refractivity contribution in [3.05, 3.63) is 110 Å². The minimum absolute atomic E-state index is 0.468. The Bertz CT molecular complexity index is 1160. The van der Waals surface area contributed by atoms with Crippen molar-refractivity contribution in [2.24, 2.45) is 0 Å². The van der Waals surface area contributed by atoms with Crippen LogP contribution in [0.4, 0.5) is 5.95 Å². The molecule has 6 aromatic rings. The van der Waals surface area contributed by atoms with Crippen molar-refractivity contribution in [3.63, 3.8) is 0 Å². The fraction of sp³-hybridized carbons (Fsp3) is 0.160. The molecule has 0 aliphatic carbocycles. The van der Waals surface area contributed by atoms with E-state index in [4.69, 9.17) is 5.73 Å². The van der Waals surface area contributed by atoms with Gasteiger partial charge in [0.2, 0.25) is 0 Å². The number of hydrogen-bond donors (Lipinski definition) is 6. The standard InChI is InChI=1S/C9H8N2.C6H11N3.C4H6N2.C3H5N3.C3H4N2/c1-2-4-8(5-3-1)9-10-6-7-11-9;1-9(2)5-6-7-3-4-8-6;1-4-5-2-3-6-4;4-3-5-1-2-6-3;1-2-5-3-4-1/h1-7H,(H,10,11);3-4H,5H2,1-2H3,(H,7,8);2-3H,1H3,(H,5,6);1-2H,(H3,4,5,6);1-3H,(H,4,5). The Hall–Kier alpha value is -4.97. The average molecular weight is 503 g/mol. The monoisotopic (exact) mass is 502 g/mol. The van der Waals surface area contributed by atoms with E-state index in [-0.39, 0.29) is 0 Å². The second-order valence-electron chi connectivity index (χ2n) is 7.49. The summed E-state index contributed by atoms with van der Waals surface area (Å²) in [6.45, 7) is 2.80. The van der Waals surface area contributed by atoms with Crippen LogP contribution < -0.4 is 5.73 Å². The van der Waals surface area contributed by atoms with Gasteiger partial charge in [-0.2, -0.15) is 0 Å². The molecule has 37 heavy (non-hydrogen) atoms. The van der Waals surface area contributed by atoms with Crippen LogP contribution in [0, 0.1) is 6.92 Å². The van der Waals surface area contributed by atoms with Gasteiger partial charge in [0.15, 0.2) is 5.95 Å². The highest BCUT2D eigenvalue weighted by Gasteiger charge is 1.95. The fourth-order valence-electron chi connectivity index (χ4n) is 2.54. The second-order valence-corrected chi connectivity index (χ2v) is 7.49. The molecule has 0 unspecified atom stereocenters. The Labute approximate surface area is 215 Å². The van der Waals surface area contributed by atoms with Gasteiger partial charge in [0.05, 0.1) is 12.9 Å². The van der Waals surface area contributed by atoms with Crippen molar-refractivity contribution in [2.75, 3.05) is 19.8 Å². The van der Waals surface area contributed by atoms with Crippen LogP contribution in [0.3, 0.4) is 0 Å². The Morgan fingerprint density at radius 1 is 0.730 bits per heavy atom. The molecule has 5 aromatic heterocycles. The molecule has 1 aromatic carbocycles. The number of nitrogens with one attached hydrogen (secondary N) is 5. The molecule has 12 heteroatoms. The number of imidazole rings is 5. The molecule has 5 heterocycles. The molecule has 0 saturated carbocycles. The van der Waals surface area contributed by atoms with Gasteiger partial charge in [0.25, 0.3) is 0 Å². The van der Waals surface area contributed by atoms with Gasteiger partial charge in [-0.25, -0.2) is 24.9 Å². The lowest BCUT2D eigenvalue weighted by atomic mass is 10.2. The summed E-state index contributed by atoms with van der Waals surface area (Å²) in [6.07, 6.45) is 19.1. The highest BCUT2D eigenvalue weighted by atomic mass is 15.1. The number of aromatic nitrogens is 10. The maximum absolute atomic E-state index is 5.11. The van der Waals surface area contributed by atoms with Crippen LogP contribution in [0.2, 0.25) is 0 Å². The first-order valence-corrected chi connectivity index (χ1v) is 11.4. The molecule has 0 atom stereocenters. The highest BCUT2D eigenvalue weighted by Crippen LogP contribution is 2.11. The Kier molecular flexibility index (Phi) is 13.3. The SMILES string of the molecule is CN(C)Cc1ncc[nH]1.Cc1ncc[nH]1.Nc1ncc[nH]1.c1c[nH]cn1.c1ccc(-c2ncc[nH]2)cc1. The second kappa shape index (κ2) is 17.5. The zero-order valence-corrected chi connectivity index (χ0v) is 21.2. The first kappa shape index (κ1) is 28.3. The van der Waals surface area contributed by atoms with E-state index >= 15 is 0 Å². The van der Waals surface area contributed by atoms with E-state index in [2.05, 4.69) is 54.7 Å². The van der Waals surface area contributed by atoms with E-state index in [0.29, 0.717) is 5.95 Å². The number of rotatable bonds is 3. The van der Waals surface area contributed by atoms with Gasteiger partial charge in [-0.15, -0.1) is 0 Å². The molecule has 12 nitrogen and oxygen atoms in total. The summed E-state index contributed by atoms with van der Waals surface area (Å²) < 4.78 is 0. The summed E-state index contributed by atoms with van der Waals surface area (Å²) >= 11 is 0. The molecule has 0 saturated heterocycles. The molecule has 6 rings (SSSR count).